The van der Waals surface area contributed by atoms with Crippen molar-refractivity contribution < 1.29 is 14.3 Å². The molecule has 6 nitrogen and oxygen atoms in total. The molecule has 0 atom stereocenters. The van der Waals surface area contributed by atoms with Crippen LogP contribution in [0.15, 0.2) is 47.4 Å². The molecule has 3 amide bonds. The molecule has 2 aromatic carbocycles. The number of urea groups is 1. The number of amides is 3. The average molecular weight is 546 g/mol. The van der Waals surface area contributed by atoms with Crippen molar-refractivity contribution >= 4 is 46.8 Å². The maximum absolute atomic E-state index is 12.6. The van der Waals surface area contributed by atoms with E-state index >= 15 is 0 Å². The molecule has 0 fully saturated rings. The van der Waals surface area contributed by atoms with Gasteiger partial charge in [-0.25, -0.2) is 4.79 Å². The van der Waals surface area contributed by atoms with Crippen LogP contribution in [0.5, 0.6) is 5.75 Å². The summed E-state index contributed by atoms with van der Waals surface area (Å²) in [5, 5.41) is 8.62. The van der Waals surface area contributed by atoms with E-state index in [0.29, 0.717) is 30.1 Å². The fourth-order valence-electron chi connectivity index (χ4n) is 3.84. The zero-order valence-electron chi connectivity index (χ0n) is 22.6. The van der Waals surface area contributed by atoms with Gasteiger partial charge in [-0.2, -0.15) is 11.8 Å². The number of rotatable bonds is 18. The minimum Gasteiger partial charge on any atom is -0.494 e. The molecule has 2 rings (SSSR count). The predicted molar refractivity (Wildman–Crippen MR) is 161 cm³/mol. The van der Waals surface area contributed by atoms with Gasteiger partial charge in [-0.05, 0) is 61.4 Å². The van der Waals surface area contributed by atoms with Crippen LogP contribution >= 0.6 is 23.5 Å². The van der Waals surface area contributed by atoms with Crippen molar-refractivity contribution in [3.8, 4) is 5.75 Å². The topological polar surface area (TPSA) is 79.5 Å². The zero-order valence-corrected chi connectivity index (χ0v) is 24.2. The highest BCUT2D eigenvalue weighted by Crippen LogP contribution is 2.27. The summed E-state index contributed by atoms with van der Waals surface area (Å²) in [5.74, 6) is 1.50. The standard InChI is InChI=1S/C29H43N3O3S2/c1-4-5-6-7-8-9-10-11-12-20-35-25-16-14-24(15-17-25)31-29(34)32-26-22-23(13-18-27(26)37-3)28(33)30-19-21-36-2/h13-18,22H,4-12,19-21H2,1-3H3,(H,30,33)(H2,31,32,34). The van der Waals surface area contributed by atoms with Crippen LogP contribution in [0.2, 0.25) is 0 Å². The number of carbonyl (C=O) groups excluding carboxylic acids is 2. The number of benzene rings is 2. The first-order chi connectivity index (χ1) is 18.1. The van der Waals surface area contributed by atoms with Crippen LogP contribution in [-0.4, -0.2) is 43.4 Å². The van der Waals surface area contributed by atoms with Gasteiger partial charge < -0.3 is 20.7 Å². The average Bonchev–Trinajstić information content (AvgIpc) is 2.90. The summed E-state index contributed by atoms with van der Waals surface area (Å²) in [6, 6.07) is 12.4. The molecule has 0 bridgehead atoms. The number of nitrogens with one attached hydrogen (secondary N) is 3. The molecule has 0 aliphatic carbocycles. The molecule has 0 saturated carbocycles. The van der Waals surface area contributed by atoms with E-state index in [0.717, 1.165) is 22.8 Å². The lowest BCUT2D eigenvalue weighted by atomic mass is 10.1. The Balaban J connectivity index is 1.75. The third kappa shape index (κ3) is 12.7. The second-order valence-corrected chi connectivity index (χ2v) is 10.8. The Bertz CT molecular complexity index is 938. The van der Waals surface area contributed by atoms with E-state index in [9.17, 15) is 9.59 Å². The summed E-state index contributed by atoms with van der Waals surface area (Å²) in [7, 11) is 0. The maximum atomic E-state index is 12.6. The van der Waals surface area contributed by atoms with Crippen LogP contribution in [-0.2, 0) is 0 Å². The van der Waals surface area contributed by atoms with Gasteiger partial charge in [0.2, 0.25) is 0 Å². The van der Waals surface area contributed by atoms with E-state index in [4.69, 9.17) is 4.74 Å². The van der Waals surface area contributed by atoms with Crippen LogP contribution in [0, 0.1) is 0 Å². The number of ether oxygens (including phenoxy) is 1. The van der Waals surface area contributed by atoms with Gasteiger partial charge in [-0.15, -0.1) is 11.8 Å². The Labute approximate surface area is 231 Å². The largest absolute Gasteiger partial charge is 0.494 e. The van der Waals surface area contributed by atoms with Crippen LogP contribution in [0.25, 0.3) is 0 Å². The molecule has 0 aromatic heterocycles. The van der Waals surface area contributed by atoms with Crippen LogP contribution in [0.3, 0.4) is 0 Å². The molecule has 2 aromatic rings. The van der Waals surface area contributed by atoms with Gasteiger partial charge in [0.05, 0.1) is 12.3 Å². The van der Waals surface area contributed by atoms with Crippen LogP contribution < -0.4 is 20.7 Å². The lowest BCUT2D eigenvalue weighted by Crippen LogP contribution is -2.26. The highest BCUT2D eigenvalue weighted by molar-refractivity contribution is 7.98. The molecule has 8 heteroatoms. The Morgan fingerprint density at radius 3 is 2.16 bits per heavy atom. The highest BCUT2D eigenvalue weighted by atomic mass is 32.2. The number of anilines is 2. The van der Waals surface area contributed by atoms with Crippen molar-refractivity contribution in [1.82, 2.24) is 5.32 Å². The van der Waals surface area contributed by atoms with Gasteiger partial charge in [0.15, 0.2) is 0 Å². The number of carbonyl (C=O) groups is 2. The second kappa shape index (κ2) is 18.9. The van der Waals surface area contributed by atoms with E-state index in [1.54, 1.807) is 23.9 Å². The van der Waals surface area contributed by atoms with Crippen molar-refractivity contribution in [3.63, 3.8) is 0 Å². The van der Waals surface area contributed by atoms with Crippen LogP contribution in [0.1, 0.15) is 75.1 Å². The van der Waals surface area contributed by atoms with Gasteiger partial charge >= 0.3 is 6.03 Å². The molecule has 204 valence electrons. The van der Waals surface area contributed by atoms with Gasteiger partial charge in [-0.1, -0.05) is 58.3 Å². The van der Waals surface area contributed by atoms with Gasteiger partial charge in [0, 0.05) is 28.4 Å². The van der Waals surface area contributed by atoms with Crippen LogP contribution in [0.4, 0.5) is 16.2 Å². The van der Waals surface area contributed by atoms with Crippen molar-refractivity contribution in [2.24, 2.45) is 0 Å². The molecule has 3 N–H and O–H groups in total. The predicted octanol–water partition coefficient (Wildman–Crippen LogP) is 8.05. The lowest BCUT2D eigenvalue weighted by molar-refractivity contribution is 0.0956. The maximum Gasteiger partial charge on any atom is 0.323 e. The second-order valence-electron chi connectivity index (χ2n) is 8.94. The SMILES string of the molecule is CCCCCCCCCCCOc1ccc(NC(=O)Nc2cc(C(=O)NCCSC)ccc2SC)cc1. The fraction of sp³-hybridized carbons (Fsp3) is 0.517. The summed E-state index contributed by atoms with van der Waals surface area (Å²) in [5.41, 5.74) is 1.79. The lowest BCUT2D eigenvalue weighted by Gasteiger charge is -2.13. The smallest absolute Gasteiger partial charge is 0.323 e. The van der Waals surface area contributed by atoms with Crippen molar-refractivity contribution in [2.75, 3.05) is 42.0 Å². The minimum atomic E-state index is -0.362. The molecule has 0 radical (unpaired) electrons. The van der Waals surface area contributed by atoms with E-state index < -0.39 is 0 Å². The number of thioether (sulfide) groups is 2. The van der Waals surface area contributed by atoms with Gasteiger partial charge in [0.25, 0.3) is 5.91 Å². The molecule has 0 aliphatic rings. The Morgan fingerprint density at radius 2 is 1.51 bits per heavy atom. The quantitative estimate of drug-likeness (QED) is 0.130. The summed E-state index contributed by atoms with van der Waals surface area (Å²) < 4.78 is 5.85. The summed E-state index contributed by atoms with van der Waals surface area (Å²) in [6.45, 7) is 3.57. The first-order valence-electron chi connectivity index (χ1n) is 13.3. The normalized spacial score (nSPS) is 10.7. The summed E-state index contributed by atoms with van der Waals surface area (Å²) >= 11 is 3.19. The Kier molecular flexibility index (Phi) is 15.7. The van der Waals surface area contributed by atoms with Gasteiger partial charge in [0.1, 0.15) is 5.75 Å². The zero-order chi connectivity index (χ0) is 26.7. The highest BCUT2D eigenvalue weighted by Gasteiger charge is 2.12. The number of hydrogen-bond acceptors (Lipinski definition) is 5. The third-order valence-corrected chi connectivity index (χ3v) is 7.34. The molecule has 37 heavy (non-hydrogen) atoms. The fourth-order valence-corrected chi connectivity index (χ4v) is 4.68. The number of unbranched alkanes of at least 4 members (excludes halogenated alkanes) is 8. The Hall–Kier alpha value is -2.32. The Morgan fingerprint density at radius 1 is 0.838 bits per heavy atom. The van der Waals surface area contributed by atoms with E-state index in [2.05, 4.69) is 22.9 Å². The molecule has 0 heterocycles. The molecule has 0 aliphatic heterocycles. The minimum absolute atomic E-state index is 0.150. The monoisotopic (exact) mass is 545 g/mol. The number of hydrogen-bond donors (Lipinski definition) is 3. The molecular formula is C29H43N3O3S2. The first kappa shape index (κ1) is 30.9. The first-order valence-corrected chi connectivity index (χ1v) is 15.9. The third-order valence-electron chi connectivity index (χ3n) is 5.93. The molecule has 0 unspecified atom stereocenters. The summed E-state index contributed by atoms with van der Waals surface area (Å²) in [6.07, 6.45) is 15.5. The van der Waals surface area contributed by atoms with E-state index in [1.165, 1.54) is 63.1 Å². The van der Waals surface area contributed by atoms with Crippen molar-refractivity contribution in [2.45, 2.75) is 69.6 Å². The van der Waals surface area contributed by atoms with Crippen molar-refractivity contribution in [1.29, 1.82) is 0 Å². The molecular weight excluding hydrogens is 502 g/mol. The van der Waals surface area contributed by atoms with Crippen molar-refractivity contribution in [3.05, 3.63) is 48.0 Å². The molecule has 0 spiro atoms. The van der Waals surface area contributed by atoms with Gasteiger partial charge in [-0.3, -0.25) is 4.79 Å². The van der Waals surface area contributed by atoms with E-state index in [-0.39, 0.29) is 11.9 Å². The van der Waals surface area contributed by atoms with E-state index in [1.807, 2.05) is 42.8 Å². The summed E-state index contributed by atoms with van der Waals surface area (Å²) in [4.78, 5) is 25.9. The molecule has 0 saturated heterocycles.